The normalized spacial score (nSPS) is 16.9. The fourth-order valence-corrected chi connectivity index (χ4v) is 4.78. The van der Waals surface area contributed by atoms with Crippen molar-refractivity contribution in [1.29, 1.82) is 0 Å². The summed E-state index contributed by atoms with van der Waals surface area (Å²) in [5, 5.41) is 2.10. The Bertz CT molecular complexity index is 719. The van der Waals surface area contributed by atoms with E-state index in [0.717, 1.165) is 33.0 Å². The van der Waals surface area contributed by atoms with Gasteiger partial charge in [0.15, 0.2) is 0 Å². The molecule has 0 aromatic heterocycles. The number of hydrogen-bond acceptors (Lipinski definition) is 4. The zero-order valence-electron chi connectivity index (χ0n) is 15.9. The van der Waals surface area contributed by atoms with Crippen molar-refractivity contribution in [3.8, 4) is 0 Å². The maximum atomic E-state index is 4.98. The summed E-state index contributed by atoms with van der Waals surface area (Å²) >= 11 is 3.63. The van der Waals surface area contributed by atoms with Crippen LogP contribution < -0.4 is 0 Å². The molecule has 142 valence electrons. The maximum absolute atomic E-state index is 4.98. The molecule has 1 fully saturated rings. The molecule has 2 aromatic carbocycles. The maximum Gasteiger partial charge on any atom is 0.129 e. The summed E-state index contributed by atoms with van der Waals surface area (Å²) in [6, 6.07) is 12.7. The molecule has 0 N–H and O–H groups in total. The van der Waals surface area contributed by atoms with Crippen molar-refractivity contribution in [1.82, 2.24) is 0 Å². The van der Waals surface area contributed by atoms with E-state index in [4.69, 9.17) is 9.98 Å². The number of rotatable bonds is 2. The van der Waals surface area contributed by atoms with Crippen LogP contribution in [0.2, 0.25) is 0 Å². The van der Waals surface area contributed by atoms with E-state index in [1.165, 1.54) is 22.3 Å². The molecule has 0 saturated carbocycles. The van der Waals surface area contributed by atoms with Crippen LogP contribution in [0.1, 0.15) is 22.3 Å². The Morgan fingerprint density at radius 1 is 0.654 bits per heavy atom. The fourth-order valence-electron chi connectivity index (χ4n) is 2.73. The van der Waals surface area contributed by atoms with Crippen molar-refractivity contribution in [2.24, 2.45) is 9.98 Å². The van der Waals surface area contributed by atoms with Gasteiger partial charge in [0.2, 0.25) is 0 Å². The minimum Gasteiger partial charge on any atom is -0.358 e. The molecule has 0 spiro atoms. The van der Waals surface area contributed by atoms with Gasteiger partial charge >= 0.3 is 0 Å². The molecule has 0 amide bonds. The molecule has 0 aliphatic carbocycles. The van der Waals surface area contributed by atoms with Crippen LogP contribution >= 0.6 is 23.5 Å². The van der Waals surface area contributed by atoms with Gasteiger partial charge in [-0.1, -0.05) is 36.4 Å². The Hall–Kier alpha value is -1.03. The number of benzene rings is 2. The van der Waals surface area contributed by atoms with E-state index < -0.39 is 0 Å². The average Bonchev–Trinajstić information content (AvgIpc) is 2.56. The number of nitrogens with zero attached hydrogens (tertiary/aromatic N) is 2. The van der Waals surface area contributed by atoms with Gasteiger partial charge in [-0.15, -0.1) is 23.5 Å². The molecule has 1 heterocycles. The summed E-state index contributed by atoms with van der Waals surface area (Å²) in [6.45, 7) is 8.48. The number of aryl methyl sites for hydroxylation is 4. The molecule has 1 aliphatic heterocycles. The Morgan fingerprint density at radius 2 is 0.962 bits per heavy atom. The quantitative estimate of drug-likeness (QED) is 0.397. The Morgan fingerprint density at radius 3 is 1.27 bits per heavy atom. The third-order valence-corrected chi connectivity index (χ3v) is 6.37. The van der Waals surface area contributed by atoms with Crippen LogP contribution in [0.5, 0.6) is 0 Å². The molecule has 0 atom stereocenters. The van der Waals surface area contributed by atoms with Crippen LogP contribution in [-0.2, 0) is 16.5 Å². The van der Waals surface area contributed by atoms with E-state index in [1.54, 1.807) is 0 Å². The van der Waals surface area contributed by atoms with Crippen molar-refractivity contribution in [3.05, 3.63) is 66.1 Å². The van der Waals surface area contributed by atoms with E-state index in [9.17, 15) is 0 Å². The van der Waals surface area contributed by atoms with Crippen LogP contribution in [0, 0.1) is 35.1 Å². The van der Waals surface area contributed by atoms with Crippen LogP contribution in [-0.4, -0.2) is 21.6 Å². The van der Waals surface area contributed by atoms with Crippen LogP contribution in [0.25, 0.3) is 0 Å². The van der Waals surface area contributed by atoms with Crippen LogP contribution in [0.15, 0.2) is 46.4 Å². The average molecular weight is 428 g/mol. The molecular weight excluding hydrogens is 403 g/mol. The first-order valence-corrected chi connectivity index (χ1v) is 10.1. The van der Waals surface area contributed by atoms with Gasteiger partial charge in [0, 0.05) is 28.0 Å². The SMILES string of the molecule is Cc1cccc(C)c1N=C1SCCSC1=Nc1c(C)cccc1C.[CH3-].[Ni]. The van der Waals surface area contributed by atoms with Crippen LogP contribution in [0.4, 0.5) is 11.4 Å². The van der Waals surface area contributed by atoms with Crippen molar-refractivity contribution < 1.29 is 16.5 Å². The standard InChI is InChI=1S/C20H22N2S2.CH3.Ni/c1-13-7-5-8-14(2)17(13)21-19-20(24-12-11-23-19)22-18-15(3)9-6-10-16(18)4;;/h5-10H,11-12H2,1-4H3;1H3;/q;-1;. The molecule has 1 saturated heterocycles. The van der Waals surface area contributed by atoms with Crippen molar-refractivity contribution in [2.75, 3.05) is 11.5 Å². The third kappa shape index (κ3) is 5.25. The minimum absolute atomic E-state index is 0. The molecular formula is C21H25N2NiS2-. The second kappa shape index (κ2) is 10.3. The number of hydrogen-bond donors (Lipinski definition) is 0. The number of aliphatic imine (C=N–C) groups is 2. The summed E-state index contributed by atoms with van der Waals surface area (Å²) in [5.41, 5.74) is 7.01. The van der Waals surface area contributed by atoms with Gasteiger partial charge in [-0.05, 0) is 49.9 Å². The predicted molar refractivity (Wildman–Crippen MR) is 117 cm³/mol. The second-order valence-electron chi connectivity index (χ2n) is 6.01. The van der Waals surface area contributed by atoms with Crippen molar-refractivity contribution >= 4 is 45.0 Å². The smallest absolute Gasteiger partial charge is 0.129 e. The molecule has 1 aliphatic rings. The van der Waals surface area contributed by atoms with Crippen molar-refractivity contribution in [2.45, 2.75) is 27.7 Å². The number of thioether (sulfide) groups is 2. The van der Waals surface area contributed by atoms with E-state index in [-0.39, 0.29) is 23.9 Å². The zero-order chi connectivity index (χ0) is 17.1. The second-order valence-corrected chi connectivity index (χ2v) is 8.18. The fraction of sp³-hybridized carbons (Fsp3) is 0.286. The van der Waals surface area contributed by atoms with Gasteiger partial charge in [-0.2, -0.15) is 0 Å². The van der Waals surface area contributed by atoms with Gasteiger partial charge < -0.3 is 7.43 Å². The largest absolute Gasteiger partial charge is 0.358 e. The molecule has 2 aromatic rings. The van der Waals surface area contributed by atoms with Crippen LogP contribution in [0.3, 0.4) is 0 Å². The zero-order valence-corrected chi connectivity index (χ0v) is 18.5. The Labute approximate surface area is 176 Å². The van der Waals surface area contributed by atoms with Gasteiger partial charge in [-0.25, -0.2) is 9.98 Å². The topological polar surface area (TPSA) is 24.7 Å². The Balaban J connectivity index is 0.00000169. The van der Waals surface area contributed by atoms with Gasteiger partial charge in [-0.3, -0.25) is 0 Å². The van der Waals surface area contributed by atoms with Crippen molar-refractivity contribution in [3.63, 3.8) is 0 Å². The Kier molecular flexibility index (Phi) is 9.16. The summed E-state index contributed by atoms with van der Waals surface area (Å²) < 4.78 is 0. The first-order chi connectivity index (χ1) is 11.6. The predicted octanol–water partition coefficient (Wildman–Crippen LogP) is 6.61. The van der Waals surface area contributed by atoms with E-state index in [2.05, 4.69) is 64.1 Å². The molecule has 0 bridgehead atoms. The molecule has 2 nitrogen and oxygen atoms in total. The summed E-state index contributed by atoms with van der Waals surface area (Å²) in [4.78, 5) is 9.96. The molecule has 3 rings (SSSR count). The minimum atomic E-state index is 0. The van der Waals surface area contributed by atoms with Gasteiger partial charge in [0.25, 0.3) is 0 Å². The van der Waals surface area contributed by atoms with Gasteiger partial charge in [0.05, 0.1) is 11.4 Å². The molecule has 26 heavy (non-hydrogen) atoms. The number of para-hydroxylation sites is 2. The van der Waals surface area contributed by atoms with E-state index in [0.29, 0.717) is 0 Å². The molecule has 5 heteroatoms. The molecule has 0 unspecified atom stereocenters. The first-order valence-electron chi connectivity index (χ1n) is 8.12. The van der Waals surface area contributed by atoms with E-state index >= 15 is 0 Å². The monoisotopic (exact) mass is 427 g/mol. The summed E-state index contributed by atoms with van der Waals surface area (Å²) in [5.74, 6) is 2.17. The first kappa shape index (κ1) is 23.0. The summed E-state index contributed by atoms with van der Waals surface area (Å²) in [7, 11) is 0. The third-order valence-electron chi connectivity index (χ3n) is 4.05. The van der Waals surface area contributed by atoms with Gasteiger partial charge in [0.1, 0.15) is 10.1 Å². The molecule has 0 radical (unpaired) electrons. The van der Waals surface area contributed by atoms with E-state index in [1.807, 2.05) is 23.5 Å². The summed E-state index contributed by atoms with van der Waals surface area (Å²) in [6.07, 6.45) is 0.